The first-order chi connectivity index (χ1) is 11.6. The number of ketones is 1. The van der Waals surface area contributed by atoms with Crippen LogP contribution in [0.2, 0.25) is 0 Å². The zero-order chi connectivity index (χ0) is 18.8. The summed E-state index contributed by atoms with van der Waals surface area (Å²) in [6, 6.07) is 0.927. The van der Waals surface area contributed by atoms with Crippen molar-refractivity contribution >= 4 is 23.3 Å². The number of hydrogen-bond acceptors (Lipinski definition) is 6. The Labute approximate surface area is 138 Å². The van der Waals surface area contributed by atoms with E-state index in [0.29, 0.717) is 0 Å². The molecule has 0 saturated carbocycles. The van der Waals surface area contributed by atoms with Crippen LogP contribution in [0.15, 0.2) is 24.5 Å². The van der Waals surface area contributed by atoms with Crippen molar-refractivity contribution < 1.29 is 37.4 Å². The molecule has 0 aromatic carbocycles. The SMILES string of the molecule is COC(=O)C(CC(=O)c1cnc2c(O)cccn12)NC(=O)C(F)(F)F. The molecule has 0 aliphatic rings. The Kier molecular flexibility index (Phi) is 4.95. The zero-order valence-corrected chi connectivity index (χ0v) is 12.7. The molecule has 0 bridgehead atoms. The largest absolute Gasteiger partial charge is 0.504 e. The van der Waals surface area contributed by atoms with Crippen molar-refractivity contribution in [3.05, 3.63) is 30.2 Å². The zero-order valence-electron chi connectivity index (χ0n) is 12.7. The van der Waals surface area contributed by atoms with E-state index in [1.807, 2.05) is 0 Å². The van der Waals surface area contributed by atoms with Gasteiger partial charge >= 0.3 is 18.1 Å². The summed E-state index contributed by atoms with van der Waals surface area (Å²) in [4.78, 5) is 38.7. The molecular formula is C14H12F3N3O5. The molecule has 0 radical (unpaired) electrons. The fourth-order valence-electron chi connectivity index (χ4n) is 2.07. The fourth-order valence-corrected chi connectivity index (χ4v) is 2.07. The van der Waals surface area contributed by atoms with Crippen LogP contribution in [-0.4, -0.2) is 51.5 Å². The van der Waals surface area contributed by atoms with Gasteiger partial charge in [-0.05, 0) is 12.1 Å². The number of nitrogens with one attached hydrogen (secondary N) is 1. The fraction of sp³-hybridized carbons (Fsp3) is 0.286. The summed E-state index contributed by atoms with van der Waals surface area (Å²) < 4.78 is 42.6. The van der Waals surface area contributed by atoms with E-state index < -0.39 is 36.3 Å². The highest BCUT2D eigenvalue weighted by Crippen LogP contribution is 2.19. The number of carbonyl (C=O) groups excluding carboxylic acids is 3. The molecule has 1 amide bonds. The van der Waals surface area contributed by atoms with Gasteiger partial charge in [0.15, 0.2) is 17.2 Å². The third-order valence-electron chi connectivity index (χ3n) is 3.24. The topological polar surface area (TPSA) is 110 Å². The van der Waals surface area contributed by atoms with Gasteiger partial charge in [0.1, 0.15) is 11.7 Å². The molecule has 11 heteroatoms. The maximum atomic E-state index is 12.3. The lowest BCUT2D eigenvalue weighted by Crippen LogP contribution is -2.48. The number of carbonyl (C=O) groups is 3. The summed E-state index contributed by atoms with van der Waals surface area (Å²) in [6.07, 6.45) is -3.50. The molecular weight excluding hydrogens is 347 g/mol. The molecule has 0 aliphatic carbocycles. The minimum absolute atomic E-state index is 0.0554. The van der Waals surface area contributed by atoms with Crippen molar-refractivity contribution in [3.8, 4) is 5.75 Å². The van der Waals surface area contributed by atoms with Gasteiger partial charge < -0.3 is 15.2 Å². The summed E-state index contributed by atoms with van der Waals surface area (Å²) in [7, 11) is 0.909. The monoisotopic (exact) mass is 359 g/mol. The smallest absolute Gasteiger partial charge is 0.471 e. The van der Waals surface area contributed by atoms with Crippen molar-refractivity contribution in [1.82, 2.24) is 14.7 Å². The third kappa shape index (κ3) is 3.87. The van der Waals surface area contributed by atoms with E-state index in [1.165, 1.54) is 28.0 Å². The Balaban J connectivity index is 2.25. The number of nitrogens with zero attached hydrogens (tertiary/aromatic N) is 2. The molecule has 2 aromatic heterocycles. The van der Waals surface area contributed by atoms with Crippen LogP contribution in [0.5, 0.6) is 5.75 Å². The van der Waals surface area contributed by atoms with Crippen LogP contribution in [0.3, 0.4) is 0 Å². The molecule has 0 aliphatic heterocycles. The molecule has 0 saturated heterocycles. The van der Waals surface area contributed by atoms with Crippen LogP contribution in [0, 0.1) is 0 Å². The summed E-state index contributed by atoms with van der Waals surface area (Å²) in [5.41, 5.74) is -0.0270. The van der Waals surface area contributed by atoms with Crippen LogP contribution in [0.4, 0.5) is 13.2 Å². The minimum Gasteiger partial charge on any atom is -0.504 e. The number of ether oxygens (including phenoxy) is 1. The number of amides is 1. The number of aromatic nitrogens is 2. The number of fused-ring (bicyclic) bond motifs is 1. The average Bonchev–Trinajstić information content (AvgIpc) is 2.98. The minimum atomic E-state index is -5.22. The molecule has 1 atom stereocenters. The van der Waals surface area contributed by atoms with Crippen LogP contribution in [0.25, 0.3) is 5.65 Å². The Hall–Kier alpha value is -3.11. The van der Waals surface area contributed by atoms with Crippen LogP contribution in [-0.2, 0) is 14.3 Å². The van der Waals surface area contributed by atoms with Crippen LogP contribution in [0.1, 0.15) is 16.9 Å². The highest BCUT2D eigenvalue weighted by Gasteiger charge is 2.41. The number of methoxy groups -OCH3 is 1. The lowest BCUT2D eigenvalue weighted by Gasteiger charge is -2.16. The first-order valence-corrected chi connectivity index (χ1v) is 6.79. The predicted molar refractivity (Wildman–Crippen MR) is 75.8 cm³/mol. The van der Waals surface area contributed by atoms with E-state index in [4.69, 9.17) is 0 Å². The van der Waals surface area contributed by atoms with Gasteiger partial charge in [-0.3, -0.25) is 14.0 Å². The van der Waals surface area contributed by atoms with Gasteiger partial charge in [0.25, 0.3) is 0 Å². The van der Waals surface area contributed by atoms with E-state index in [2.05, 4.69) is 9.72 Å². The number of alkyl halides is 3. The molecule has 0 spiro atoms. The molecule has 134 valence electrons. The number of pyridine rings is 1. The first kappa shape index (κ1) is 18.2. The lowest BCUT2D eigenvalue weighted by molar-refractivity contribution is -0.175. The number of Topliss-reactive ketones (excluding diaryl/α,β-unsaturated/α-hetero) is 1. The summed E-state index contributed by atoms with van der Waals surface area (Å²) >= 11 is 0. The van der Waals surface area contributed by atoms with Gasteiger partial charge in [-0.1, -0.05) is 0 Å². The Morgan fingerprint density at radius 1 is 1.40 bits per heavy atom. The van der Waals surface area contributed by atoms with Gasteiger partial charge in [0.2, 0.25) is 0 Å². The number of esters is 1. The van der Waals surface area contributed by atoms with Crippen LogP contribution >= 0.6 is 0 Å². The van der Waals surface area contributed by atoms with E-state index >= 15 is 0 Å². The van der Waals surface area contributed by atoms with Gasteiger partial charge in [-0.25, -0.2) is 9.78 Å². The van der Waals surface area contributed by atoms with Crippen molar-refractivity contribution in [1.29, 1.82) is 0 Å². The van der Waals surface area contributed by atoms with E-state index in [0.717, 1.165) is 13.3 Å². The molecule has 25 heavy (non-hydrogen) atoms. The molecule has 2 aromatic rings. The Morgan fingerprint density at radius 3 is 2.68 bits per heavy atom. The number of rotatable bonds is 5. The summed E-state index contributed by atoms with van der Waals surface area (Å²) in [5, 5.41) is 11.1. The van der Waals surface area contributed by atoms with Crippen molar-refractivity contribution in [2.24, 2.45) is 0 Å². The maximum absolute atomic E-state index is 12.3. The van der Waals surface area contributed by atoms with E-state index in [1.54, 1.807) is 0 Å². The van der Waals surface area contributed by atoms with Crippen molar-refractivity contribution in [2.75, 3.05) is 7.11 Å². The van der Waals surface area contributed by atoms with Gasteiger partial charge in [0, 0.05) is 12.6 Å². The first-order valence-electron chi connectivity index (χ1n) is 6.79. The molecule has 8 nitrogen and oxygen atoms in total. The molecule has 2 N–H and O–H groups in total. The molecule has 2 rings (SSSR count). The quantitative estimate of drug-likeness (QED) is 0.605. The second-order valence-electron chi connectivity index (χ2n) is 4.90. The average molecular weight is 359 g/mol. The number of aromatic hydroxyl groups is 1. The third-order valence-corrected chi connectivity index (χ3v) is 3.24. The second-order valence-corrected chi connectivity index (χ2v) is 4.90. The van der Waals surface area contributed by atoms with Crippen molar-refractivity contribution in [2.45, 2.75) is 18.6 Å². The summed E-state index contributed by atoms with van der Waals surface area (Å²) in [6.45, 7) is 0. The number of hydrogen-bond donors (Lipinski definition) is 2. The lowest BCUT2D eigenvalue weighted by atomic mass is 10.1. The van der Waals surface area contributed by atoms with Gasteiger partial charge in [0.05, 0.1) is 13.3 Å². The molecule has 2 heterocycles. The number of imidazole rings is 1. The van der Waals surface area contributed by atoms with Gasteiger partial charge in [-0.15, -0.1) is 0 Å². The van der Waals surface area contributed by atoms with Crippen molar-refractivity contribution in [3.63, 3.8) is 0 Å². The Morgan fingerprint density at radius 2 is 2.08 bits per heavy atom. The second kappa shape index (κ2) is 6.79. The van der Waals surface area contributed by atoms with Crippen LogP contribution < -0.4 is 5.32 Å². The molecule has 0 fully saturated rings. The standard InChI is InChI=1S/C14H12F3N3O5/c1-25-12(23)7(19-13(24)14(15,16)17)5-10(22)8-6-18-11-9(21)3-2-4-20(8)11/h2-4,6-7,21H,5H2,1H3,(H,19,24). The Bertz CT molecular complexity index is 831. The maximum Gasteiger partial charge on any atom is 0.471 e. The molecule has 1 unspecified atom stereocenters. The highest BCUT2D eigenvalue weighted by atomic mass is 19.4. The van der Waals surface area contributed by atoms with E-state index in [-0.39, 0.29) is 17.1 Å². The van der Waals surface area contributed by atoms with E-state index in [9.17, 15) is 32.7 Å². The predicted octanol–water partition coefficient (Wildman–Crippen LogP) is 0.833. The number of halogens is 3. The van der Waals surface area contributed by atoms with Gasteiger partial charge in [-0.2, -0.15) is 13.2 Å². The normalized spacial score (nSPS) is 12.6. The highest BCUT2D eigenvalue weighted by molar-refractivity contribution is 5.99. The summed E-state index contributed by atoms with van der Waals surface area (Å²) in [5.74, 6) is -4.57.